The van der Waals surface area contributed by atoms with Crippen LogP contribution in [0.25, 0.3) is 10.9 Å². The normalized spacial score (nSPS) is 15.0. The van der Waals surface area contributed by atoms with Gasteiger partial charge in [-0.1, -0.05) is 25.3 Å². The van der Waals surface area contributed by atoms with Gasteiger partial charge in [0.15, 0.2) is 0 Å². The van der Waals surface area contributed by atoms with Gasteiger partial charge in [0.25, 0.3) is 5.91 Å². The molecule has 0 radical (unpaired) electrons. The van der Waals surface area contributed by atoms with Gasteiger partial charge in [0.2, 0.25) is 0 Å². The Morgan fingerprint density at radius 1 is 1.22 bits per heavy atom. The summed E-state index contributed by atoms with van der Waals surface area (Å²) >= 11 is 0. The fourth-order valence-electron chi connectivity index (χ4n) is 3.70. The highest BCUT2D eigenvalue weighted by atomic mass is 19.1. The molecule has 1 aromatic heterocycles. The highest BCUT2D eigenvalue weighted by Crippen LogP contribution is 2.33. The molecule has 1 saturated carbocycles. The van der Waals surface area contributed by atoms with E-state index in [9.17, 15) is 9.18 Å². The molecular weight excluding hydrogens is 345 g/mol. The summed E-state index contributed by atoms with van der Waals surface area (Å²) in [6.45, 7) is 0. The lowest BCUT2D eigenvalue weighted by Crippen LogP contribution is -2.12. The third kappa shape index (κ3) is 3.65. The number of carbonyl (C=O) groups is 1. The van der Waals surface area contributed by atoms with E-state index >= 15 is 0 Å². The van der Waals surface area contributed by atoms with E-state index in [1.807, 2.05) is 23.0 Å². The van der Waals surface area contributed by atoms with Crippen LogP contribution in [0, 0.1) is 5.82 Å². The van der Waals surface area contributed by atoms with Gasteiger partial charge < -0.3 is 10.1 Å². The number of nitrogens with one attached hydrogen (secondary N) is 1. The van der Waals surface area contributed by atoms with Crippen LogP contribution in [-0.4, -0.2) is 22.8 Å². The van der Waals surface area contributed by atoms with Gasteiger partial charge in [0.05, 0.1) is 24.4 Å². The molecule has 140 valence electrons. The molecule has 1 aliphatic rings. The number of benzene rings is 2. The summed E-state index contributed by atoms with van der Waals surface area (Å²) in [5.41, 5.74) is 1.64. The van der Waals surface area contributed by atoms with Gasteiger partial charge in [0, 0.05) is 23.2 Å². The van der Waals surface area contributed by atoms with Crippen LogP contribution < -0.4 is 10.1 Å². The van der Waals surface area contributed by atoms with Crippen LogP contribution in [0.1, 0.15) is 48.5 Å². The molecular formula is C21H22FN3O2. The smallest absolute Gasteiger partial charge is 0.255 e. The lowest BCUT2D eigenvalue weighted by molar-refractivity contribution is 0.102. The Morgan fingerprint density at radius 2 is 2.04 bits per heavy atom. The molecule has 2 aromatic carbocycles. The molecule has 0 atom stereocenters. The summed E-state index contributed by atoms with van der Waals surface area (Å²) in [5, 5.41) is 8.47. The first-order valence-electron chi connectivity index (χ1n) is 9.28. The van der Waals surface area contributed by atoms with Gasteiger partial charge in [-0.25, -0.2) is 4.39 Å². The standard InChI is InChI=1S/C21H22FN3O2/c1-27-20-12-18-15(13-25(24-18)17-8-3-2-4-9-17)11-19(20)23-21(26)14-6-5-7-16(22)10-14/h5-7,10-13,17H,2-4,8-9H2,1H3,(H,23,26). The Hall–Kier alpha value is -2.89. The molecule has 0 aliphatic heterocycles. The molecule has 0 bridgehead atoms. The number of hydrogen-bond acceptors (Lipinski definition) is 3. The second-order valence-electron chi connectivity index (χ2n) is 6.98. The van der Waals surface area contributed by atoms with Crippen molar-refractivity contribution in [1.29, 1.82) is 0 Å². The number of nitrogens with zero attached hydrogens (tertiary/aromatic N) is 2. The molecule has 1 aliphatic carbocycles. The number of anilines is 1. The Morgan fingerprint density at radius 3 is 2.78 bits per heavy atom. The van der Waals surface area contributed by atoms with E-state index in [2.05, 4.69) is 5.32 Å². The SMILES string of the molecule is COc1cc2nn(C3CCCCC3)cc2cc1NC(=O)c1cccc(F)c1. The largest absolute Gasteiger partial charge is 0.494 e. The van der Waals surface area contributed by atoms with E-state index in [0.29, 0.717) is 17.5 Å². The Balaban J connectivity index is 1.64. The highest BCUT2D eigenvalue weighted by Gasteiger charge is 2.18. The maximum absolute atomic E-state index is 13.4. The molecule has 0 saturated heterocycles. The number of fused-ring (bicyclic) bond motifs is 1. The first-order chi connectivity index (χ1) is 13.1. The van der Waals surface area contributed by atoms with Crippen LogP contribution in [0.5, 0.6) is 5.75 Å². The molecule has 1 amide bonds. The number of carbonyl (C=O) groups excluding carboxylic acids is 1. The van der Waals surface area contributed by atoms with E-state index in [1.54, 1.807) is 13.2 Å². The summed E-state index contributed by atoms with van der Waals surface area (Å²) in [6.07, 6.45) is 8.09. The van der Waals surface area contributed by atoms with Crippen LogP contribution >= 0.6 is 0 Å². The van der Waals surface area contributed by atoms with Gasteiger partial charge in [0.1, 0.15) is 11.6 Å². The third-order valence-corrected chi connectivity index (χ3v) is 5.13. The molecule has 1 fully saturated rings. The number of halogens is 1. The zero-order valence-electron chi connectivity index (χ0n) is 15.2. The zero-order chi connectivity index (χ0) is 18.8. The Labute approximate surface area is 157 Å². The van der Waals surface area contributed by atoms with Gasteiger partial charge in [-0.05, 0) is 37.1 Å². The maximum Gasteiger partial charge on any atom is 0.255 e. The van der Waals surface area contributed by atoms with Crippen molar-refractivity contribution in [1.82, 2.24) is 9.78 Å². The molecule has 6 heteroatoms. The number of rotatable bonds is 4. The number of aromatic nitrogens is 2. The molecule has 1 heterocycles. The second kappa shape index (κ2) is 7.39. The summed E-state index contributed by atoms with van der Waals surface area (Å²) in [6, 6.07) is 9.73. The summed E-state index contributed by atoms with van der Waals surface area (Å²) in [4.78, 5) is 12.5. The predicted octanol–water partition coefficient (Wildman–Crippen LogP) is 4.94. The lowest BCUT2D eigenvalue weighted by Gasteiger charge is -2.21. The molecule has 0 unspecified atom stereocenters. The summed E-state index contributed by atoms with van der Waals surface area (Å²) in [5.74, 6) is -0.299. The van der Waals surface area contributed by atoms with E-state index < -0.39 is 5.82 Å². The van der Waals surface area contributed by atoms with Crippen molar-refractivity contribution >= 4 is 22.5 Å². The van der Waals surface area contributed by atoms with Crippen molar-refractivity contribution in [2.75, 3.05) is 12.4 Å². The quantitative estimate of drug-likeness (QED) is 0.710. The average Bonchev–Trinajstić information content (AvgIpc) is 3.11. The van der Waals surface area contributed by atoms with Gasteiger partial charge in [-0.2, -0.15) is 5.10 Å². The van der Waals surface area contributed by atoms with E-state index in [4.69, 9.17) is 9.84 Å². The lowest BCUT2D eigenvalue weighted by atomic mass is 9.96. The van der Waals surface area contributed by atoms with Crippen molar-refractivity contribution in [3.05, 3.63) is 54.0 Å². The second-order valence-corrected chi connectivity index (χ2v) is 6.98. The van der Waals surface area contributed by atoms with E-state index in [1.165, 1.54) is 37.5 Å². The average molecular weight is 367 g/mol. The van der Waals surface area contributed by atoms with Gasteiger partial charge in [-0.15, -0.1) is 0 Å². The van der Waals surface area contributed by atoms with Gasteiger partial charge in [-0.3, -0.25) is 9.48 Å². The molecule has 5 nitrogen and oxygen atoms in total. The number of methoxy groups -OCH3 is 1. The van der Waals surface area contributed by atoms with Crippen LogP contribution in [0.2, 0.25) is 0 Å². The van der Waals surface area contributed by atoms with E-state index in [-0.39, 0.29) is 11.5 Å². The Kier molecular flexibility index (Phi) is 4.79. The molecule has 4 rings (SSSR count). The minimum Gasteiger partial charge on any atom is -0.494 e. The van der Waals surface area contributed by atoms with Crippen molar-refractivity contribution in [3.8, 4) is 5.75 Å². The minimum absolute atomic E-state index is 0.259. The van der Waals surface area contributed by atoms with Crippen LogP contribution in [0.15, 0.2) is 42.6 Å². The van der Waals surface area contributed by atoms with Crippen molar-refractivity contribution in [3.63, 3.8) is 0 Å². The van der Waals surface area contributed by atoms with Crippen molar-refractivity contribution in [2.24, 2.45) is 0 Å². The van der Waals surface area contributed by atoms with Crippen LogP contribution in [-0.2, 0) is 0 Å². The topological polar surface area (TPSA) is 56.1 Å². The predicted molar refractivity (Wildman–Crippen MR) is 103 cm³/mol. The fraction of sp³-hybridized carbons (Fsp3) is 0.333. The molecule has 0 spiro atoms. The number of amides is 1. The molecule has 27 heavy (non-hydrogen) atoms. The number of hydrogen-bond donors (Lipinski definition) is 1. The highest BCUT2D eigenvalue weighted by molar-refractivity contribution is 6.06. The van der Waals surface area contributed by atoms with Crippen LogP contribution in [0.4, 0.5) is 10.1 Å². The van der Waals surface area contributed by atoms with Gasteiger partial charge >= 0.3 is 0 Å². The first kappa shape index (κ1) is 17.5. The summed E-state index contributed by atoms with van der Waals surface area (Å²) < 4.78 is 20.9. The number of ether oxygens (including phenoxy) is 1. The molecule has 1 N–H and O–H groups in total. The molecule has 3 aromatic rings. The first-order valence-corrected chi connectivity index (χ1v) is 9.28. The van der Waals surface area contributed by atoms with Crippen molar-refractivity contribution < 1.29 is 13.9 Å². The van der Waals surface area contributed by atoms with Crippen LogP contribution in [0.3, 0.4) is 0 Å². The zero-order valence-corrected chi connectivity index (χ0v) is 15.2. The van der Waals surface area contributed by atoms with E-state index in [0.717, 1.165) is 23.7 Å². The minimum atomic E-state index is -0.446. The Bertz CT molecular complexity index is 977. The summed E-state index contributed by atoms with van der Waals surface area (Å²) in [7, 11) is 1.55. The maximum atomic E-state index is 13.4. The fourth-order valence-corrected chi connectivity index (χ4v) is 3.70. The monoisotopic (exact) mass is 367 g/mol. The van der Waals surface area contributed by atoms with Crippen molar-refractivity contribution in [2.45, 2.75) is 38.1 Å². The third-order valence-electron chi connectivity index (χ3n) is 5.13.